The number of nitro groups is 1. The standard InChI is InChI=1S/C18H22N4O2/c1-14-11-18(20-13-17(14)22(23)24)19-12-15-7-3-4-8-16(15)21-9-5-2-6-10-21/h3-4,7-8,11,13H,2,5-6,9-10,12H2,1H3,(H,19,20). The van der Waals surface area contributed by atoms with E-state index in [4.69, 9.17) is 0 Å². The molecule has 1 aromatic carbocycles. The number of piperidine rings is 1. The molecular weight excluding hydrogens is 304 g/mol. The second kappa shape index (κ2) is 7.29. The van der Waals surface area contributed by atoms with Gasteiger partial charge in [-0.25, -0.2) is 4.98 Å². The molecule has 0 spiro atoms. The number of anilines is 2. The first-order chi connectivity index (χ1) is 11.6. The number of aryl methyl sites for hydroxylation is 1. The summed E-state index contributed by atoms with van der Waals surface area (Å²) in [5.41, 5.74) is 3.15. The average Bonchev–Trinajstić information content (AvgIpc) is 2.61. The lowest BCUT2D eigenvalue weighted by atomic mass is 10.1. The third kappa shape index (κ3) is 3.64. The monoisotopic (exact) mass is 326 g/mol. The number of rotatable bonds is 5. The lowest BCUT2D eigenvalue weighted by Crippen LogP contribution is -2.30. The van der Waals surface area contributed by atoms with E-state index >= 15 is 0 Å². The van der Waals surface area contributed by atoms with Crippen LogP contribution >= 0.6 is 0 Å². The average molecular weight is 326 g/mol. The molecule has 0 aliphatic carbocycles. The number of nitrogens with zero attached hydrogens (tertiary/aromatic N) is 3. The quantitative estimate of drug-likeness (QED) is 0.666. The van der Waals surface area contributed by atoms with Crippen molar-refractivity contribution in [2.75, 3.05) is 23.3 Å². The van der Waals surface area contributed by atoms with Gasteiger partial charge in [0, 0.05) is 30.9 Å². The molecule has 2 aromatic rings. The van der Waals surface area contributed by atoms with Gasteiger partial charge in [-0.2, -0.15) is 0 Å². The fourth-order valence-corrected chi connectivity index (χ4v) is 3.13. The lowest BCUT2D eigenvalue weighted by Gasteiger charge is -2.30. The Morgan fingerprint density at radius 3 is 2.71 bits per heavy atom. The van der Waals surface area contributed by atoms with Gasteiger partial charge in [0.25, 0.3) is 5.69 Å². The zero-order valence-corrected chi connectivity index (χ0v) is 13.9. The van der Waals surface area contributed by atoms with E-state index < -0.39 is 4.92 Å². The van der Waals surface area contributed by atoms with Gasteiger partial charge < -0.3 is 10.2 Å². The van der Waals surface area contributed by atoms with Crippen LogP contribution in [0.3, 0.4) is 0 Å². The van der Waals surface area contributed by atoms with Gasteiger partial charge in [0.15, 0.2) is 0 Å². The van der Waals surface area contributed by atoms with Crippen molar-refractivity contribution in [1.82, 2.24) is 4.98 Å². The molecule has 0 radical (unpaired) electrons. The van der Waals surface area contributed by atoms with Crippen molar-refractivity contribution < 1.29 is 4.92 Å². The number of para-hydroxylation sites is 1. The molecule has 3 rings (SSSR count). The molecule has 6 nitrogen and oxygen atoms in total. The van der Waals surface area contributed by atoms with Crippen molar-refractivity contribution in [3.8, 4) is 0 Å². The maximum atomic E-state index is 10.9. The molecule has 1 fully saturated rings. The molecule has 0 atom stereocenters. The van der Waals surface area contributed by atoms with Crippen molar-refractivity contribution in [2.45, 2.75) is 32.7 Å². The SMILES string of the molecule is Cc1cc(NCc2ccccc2N2CCCCC2)ncc1[N+](=O)[O-]. The maximum Gasteiger partial charge on any atom is 0.290 e. The molecule has 6 heteroatoms. The zero-order chi connectivity index (χ0) is 16.9. The summed E-state index contributed by atoms with van der Waals surface area (Å²) in [4.78, 5) is 17.1. The van der Waals surface area contributed by atoms with Crippen molar-refractivity contribution in [1.29, 1.82) is 0 Å². The molecule has 1 aliphatic heterocycles. The molecular formula is C18H22N4O2. The molecule has 1 aromatic heterocycles. The van der Waals surface area contributed by atoms with Crippen LogP contribution in [0.2, 0.25) is 0 Å². The number of benzene rings is 1. The summed E-state index contributed by atoms with van der Waals surface area (Å²) in [5, 5.41) is 14.2. The van der Waals surface area contributed by atoms with Gasteiger partial charge in [0.1, 0.15) is 12.0 Å². The summed E-state index contributed by atoms with van der Waals surface area (Å²) in [6, 6.07) is 10.1. The van der Waals surface area contributed by atoms with Gasteiger partial charge in [-0.15, -0.1) is 0 Å². The number of pyridine rings is 1. The molecule has 1 aliphatic rings. The minimum Gasteiger partial charge on any atom is -0.371 e. The maximum absolute atomic E-state index is 10.9. The largest absolute Gasteiger partial charge is 0.371 e. The van der Waals surface area contributed by atoms with Crippen molar-refractivity contribution in [3.05, 3.63) is 57.8 Å². The number of aromatic nitrogens is 1. The first-order valence-corrected chi connectivity index (χ1v) is 8.33. The van der Waals surface area contributed by atoms with E-state index in [0.717, 1.165) is 13.1 Å². The Balaban J connectivity index is 1.73. The minimum absolute atomic E-state index is 0.0502. The first kappa shape index (κ1) is 16.2. The van der Waals surface area contributed by atoms with Gasteiger partial charge in [0.05, 0.1) is 4.92 Å². The zero-order valence-electron chi connectivity index (χ0n) is 13.9. The fourth-order valence-electron chi connectivity index (χ4n) is 3.13. The molecule has 2 heterocycles. The van der Waals surface area contributed by atoms with Crippen LogP contribution in [0, 0.1) is 17.0 Å². The van der Waals surface area contributed by atoms with Gasteiger partial charge in [0.2, 0.25) is 0 Å². The second-order valence-corrected chi connectivity index (χ2v) is 6.14. The summed E-state index contributed by atoms with van der Waals surface area (Å²) in [5.74, 6) is 0.659. The predicted octanol–water partition coefficient (Wildman–Crippen LogP) is 3.90. The summed E-state index contributed by atoms with van der Waals surface area (Å²) in [7, 11) is 0. The number of hydrogen-bond acceptors (Lipinski definition) is 5. The van der Waals surface area contributed by atoms with Crippen molar-refractivity contribution in [3.63, 3.8) is 0 Å². The molecule has 0 bridgehead atoms. The number of hydrogen-bond donors (Lipinski definition) is 1. The van der Waals surface area contributed by atoms with E-state index in [-0.39, 0.29) is 5.69 Å². The van der Waals surface area contributed by atoms with Gasteiger partial charge >= 0.3 is 0 Å². The Morgan fingerprint density at radius 1 is 1.25 bits per heavy atom. The Labute approximate surface area is 141 Å². The summed E-state index contributed by atoms with van der Waals surface area (Å²) >= 11 is 0. The summed E-state index contributed by atoms with van der Waals surface area (Å²) < 4.78 is 0. The van der Waals surface area contributed by atoms with Crippen molar-refractivity contribution >= 4 is 17.2 Å². The van der Waals surface area contributed by atoms with Gasteiger partial charge in [-0.05, 0) is 43.9 Å². The van der Waals surface area contributed by atoms with E-state index in [1.165, 1.54) is 36.7 Å². The highest BCUT2D eigenvalue weighted by atomic mass is 16.6. The van der Waals surface area contributed by atoms with E-state index in [1.54, 1.807) is 13.0 Å². The summed E-state index contributed by atoms with van der Waals surface area (Å²) in [6.07, 6.45) is 5.10. The van der Waals surface area contributed by atoms with Crippen LogP contribution in [0.15, 0.2) is 36.5 Å². The fraction of sp³-hybridized carbons (Fsp3) is 0.389. The van der Waals surface area contributed by atoms with Gasteiger partial charge in [-0.1, -0.05) is 18.2 Å². The van der Waals surface area contributed by atoms with Gasteiger partial charge in [-0.3, -0.25) is 10.1 Å². The molecule has 1 saturated heterocycles. The highest BCUT2D eigenvalue weighted by molar-refractivity contribution is 5.55. The Kier molecular flexibility index (Phi) is 4.93. The molecule has 0 saturated carbocycles. The Morgan fingerprint density at radius 2 is 2.00 bits per heavy atom. The minimum atomic E-state index is -0.405. The Bertz CT molecular complexity index is 727. The van der Waals surface area contributed by atoms with Crippen LogP contribution in [0.4, 0.5) is 17.2 Å². The smallest absolute Gasteiger partial charge is 0.290 e. The molecule has 0 amide bonds. The van der Waals surface area contributed by atoms with E-state index in [9.17, 15) is 10.1 Å². The van der Waals surface area contributed by atoms with Crippen molar-refractivity contribution in [2.24, 2.45) is 0 Å². The Hall–Kier alpha value is -2.63. The highest BCUT2D eigenvalue weighted by Gasteiger charge is 2.15. The third-order valence-corrected chi connectivity index (χ3v) is 4.43. The van der Waals surface area contributed by atoms with E-state index in [0.29, 0.717) is 17.9 Å². The normalized spacial score (nSPS) is 14.5. The highest BCUT2D eigenvalue weighted by Crippen LogP contribution is 2.25. The van der Waals surface area contributed by atoms with Crippen LogP contribution in [0.5, 0.6) is 0 Å². The number of nitrogens with one attached hydrogen (secondary N) is 1. The van der Waals surface area contributed by atoms with Crippen LogP contribution in [0.1, 0.15) is 30.4 Å². The molecule has 24 heavy (non-hydrogen) atoms. The van der Waals surface area contributed by atoms with Crippen LogP contribution < -0.4 is 10.2 Å². The van der Waals surface area contributed by atoms with Crippen LogP contribution in [0.25, 0.3) is 0 Å². The molecule has 1 N–H and O–H groups in total. The topological polar surface area (TPSA) is 71.3 Å². The lowest BCUT2D eigenvalue weighted by molar-refractivity contribution is -0.385. The van der Waals surface area contributed by atoms with E-state index in [2.05, 4.69) is 33.4 Å². The van der Waals surface area contributed by atoms with E-state index in [1.807, 2.05) is 6.07 Å². The van der Waals surface area contributed by atoms with Crippen LogP contribution in [-0.2, 0) is 6.54 Å². The summed E-state index contributed by atoms with van der Waals surface area (Å²) in [6.45, 7) is 4.58. The predicted molar refractivity (Wildman–Crippen MR) is 95.5 cm³/mol. The third-order valence-electron chi connectivity index (χ3n) is 4.43. The van der Waals surface area contributed by atoms with Crippen LogP contribution in [-0.4, -0.2) is 23.0 Å². The molecule has 126 valence electrons. The first-order valence-electron chi connectivity index (χ1n) is 8.33. The molecule has 0 unspecified atom stereocenters. The second-order valence-electron chi connectivity index (χ2n) is 6.14.